The van der Waals surface area contributed by atoms with Gasteiger partial charge in [-0.15, -0.1) is 0 Å². The minimum absolute atomic E-state index is 0.0414. The zero-order valence-corrected chi connectivity index (χ0v) is 18.5. The maximum Gasteiger partial charge on any atom is 0.313 e. The predicted octanol–water partition coefficient (Wildman–Crippen LogP) is 5.76. The van der Waals surface area contributed by atoms with E-state index in [9.17, 15) is 19.4 Å². The second-order valence-electron chi connectivity index (χ2n) is 9.30. The number of benzene rings is 1. The Hall–Kier alpha value is -1.62. The molecule has 29 heavy (non-hydrogen) atoms. The smallest absolute Gasteiger partial charge is 0.313 e. The van der Waals surface area contributed by atoms with Gasteiger partial charge in [0.15, 0.2) is 17.9 Å². The van der Waals surface area contributed by atoms with Crippen molar-refractivity contribution in [1.82, 2.24) is 0 Å². The number of carboxylic acids is 1. The molecule has 0 bridgehead atoms. The fourth-order valence-electron chi connectivity index (χ4n) is 4.66. The van der Waals surface area contributed by atoms with Crippen molar-refractivity contribution < 1.29 is 24.1 Å². The number of rotatable bonds is 9. The molecule has 0 spiro atoms. The highest BCUT2D eigenvalue weighted by Crippen LogP contribution is 2.42. The summed E-state index contributed by atoms with van der Waals surface area (Å²) in [6, 6.07) is 4.15. The van der Waals surface area contributed by atoms with Crippen LogP contribution in [0.25, 0.3) is 0 Å². The van der Waals surface area contributed by atoms with Crippen molar-refractivity contribution in [2.75, 3.05) is 0 Å². The monoisotopic (exact) mass is 408 g/mol. The first kappa shape index (κ1) is 23.7. The predicted molar refractivity (Wildman–Crippen MR) is 112 cm³/mol. The largest absolute Gasteiger partial charge is 0.481 e. The van der Waals surface area contributed by atoms with Gasteiger partial charge in [0.2, 0.25) is 0 Å². The second kappa shape index (κ2) is 9.92. The number of aliphatic hydroxyl groups is 1. The molecule has 0 radical (unpaired) electrons. The molecule has 0 aromatic heterocycles. The summed E-state index contributed by atoms with van der Waals surface area (Å²) >= 11 is 0. The van der Waals surface area contributed by atoms with Gasteiger partial charge in [0, 0.05) is 5.92 Å². The van der Waals surface area contributed by atoms with Crippen molar-refractivity contribution >= 4 is 5.97 Å². The highest BCUT2D eigenvalue weighted by molar-refractivity contribution is 5.80. The molecule has 5 atom stereocenters. The Morgan fingerprint density at radius 3 is 2.62 bits per heavy atom. The molecule has 5 unspecified atom stereocenters. The molecule has 1 fully saturated rings. The molecule has 4 nitrogen and oxygen atoms in total. The number of hydrogen-bond donors (Lipinski definition) is 2. The minimum atomic E-state index is -1.20. The molecule has 2 N–H and O–H groups in total. The van der Waals surface area contributed by atoms with Crippen molar-refractivity contribution in [3.63, 3.8) is 0 Å². The van der Waals surface area contributed by atoms with Gasteiger partial charge in [-0.25, -0.2) is 4.39 Å². The summed E-state index contributed by atoms with van der Waals surface area (Å²) in [5.74, 6) is -0.299. The fraction of sp³-hybridized carbons (Fsp3) is 0.708. The number of carbonyl (C=O) groups is 1. The van der Waals surface area contributed by atoms with E-state index < -0.39 is 23.5 Å². The lowest BCUT2D eigenvalue weighted by atomic mass is 9.67. The number of ether oxygens (including phenoxy) is 1. The molecular weight excluding hydrogens is 371 g/mol. The Labute approximate surface area is 174 Å². The average molecular weight is 409 g/mol. The fourth-order valence-corrected chi connectivity index (χ4v) is 4.66. The highest BCUT2D eigenvalue weighted by atomic mass is 19.1. The van der Waals surface area contributed by atoms with E-state index in [1.807, 2.05) is 6.92 Å². The molecule has 5 heteroatoms. The van der Waals surface area contributed by atoms with Crippen molar-refractivity contribution in [2.45, 2.75) is 84.8 Å². The van der Waals surface area contributed by atoms with Gasteiger partial charge in [0.1, 0.15) is 0 Å². The van der Waals surface area contributed by atoms with Crippen LogP contribution in [0.5, 0.6) is 5.75 Å². The molecule has 0 amide bonds. The maximum absolute atomic E-state index is 14.6. The van der Waals surface area contributed by atoms with E-state index in [2.05, 4.69) is 13.8 Å². The second-order valence-corrected chi connectivity index (χ2v) is 9.30. The van der Waals surface area contributed by atoms with Crippen LogP contribution in [0.4, 0.5) is 4.39 Å². The zero-order valence-electron chi connectivity index (χ0n) is 18.5. The van der Waals surface area contributed by atoms with Gasteiger partial charge in [-0.05, 0) is 55.7 Å². The molecule has 164 valence electrons. The average Bonchev–Trinajstić information content (AvgIpc) is 2.67. The standard InChI is InChI=1S/C24H37FO4/c1-6-7-9-17-10-8-11-19(15(17)2)16(3)22(26)29-21-13-12-18(14-20(21)25)24(4,5)23(27)28/h12-17,19,22,26H,6-11H2,1-5H3,(H,27,28). The Balaban J connectivity index is 2.07. The SMILES string of the molecule is CCCCC1CCCC(C(C)C(O)Oc2ccc(C(C)(C)C(=O)O)cc2F)C1C. The summed E-state index contributed by atoms with van der Waals surface area (Å²) in [5.41, 5.74) is -0.840. The molecule has 1 aliphatic carbocycles. The Kier molecular flexibility index (Phi) is 8.10. The number of unbranched alkanes of at least 4 members (excludes halogenated alkanes) is 1. The summed E-state index contributed by atoms with van der Waals surface area (Å²) in [4.78, 5) is 11.4. The van der Waals surface area contributed by atoms with Crippen molar-refractivity contribution in [3.05, 3.63) is 29.6 Å². The number of aliphatic carboxylic acids is 1. The third-order valence-electron chi connectivity index (χ3n) is 7.02. The van der Waals surface area contributed by atoms with E-state index in [0.717, 1.165) is 12.8 Å². The summed E-state index contributed by atoms with van der Waals surface area (Å²) in [7, 11) is 0. The number of carboxylic acid groups (broad SMARTS) is 1. The van der Waals surface area contributed by atoms with Gasteiger partial charge >= 0.3 is 5.97 Å². The molecule has 1 aromatic carbocycles. The first-order chi connectivity index (χ1) is 13.6. The molecule has 1 aromatic rings. The third-order valence-corrected chi connectivity index (χ3v) is 7.02. The van der Waals surface area contributed by atoms with Crippen LogP contribution in [0.3, 0.4) is 0 Å². The van der Waals surface area contributed by atoms with Crippen LogP contribution in [0.15, 0.2) is 18.2 Å². The molecule has 0 heterocycles. The van der Waals surface area contributed by atoms with E-state index in [4.69, 9.17) is 4.74 Å². The Morgan fingerprint density at radius 2 is 2.03 bits per heavy atom. The zero-order chi connectivity index (χ0) is 21.8. The molecule has 0 aliphatic heterocycles. The summed E-state index contributed by atoms with van der Waals surface area (Å²) in [6.45, 7) is 9.52. The Bertz CT molecular complexity index is 687. The topological polar surface area (TPSA) is 66.8 Å². The van der Waals surface area contributed by atoms with Gasteiger partial charge < -0.3 is 14.9 Å². The van der Waals surface area contributed by atoms with Crippen LogP contribution in [-0.4, -0.2) is 22.5 Å². The number of hydrogen-bond acceptors (Lipinski definition) is 3. The van der Waals surface area contributed by atoms with Gasteiger partial charge in [-0.2, -0.15) is 0 Å². The molecule has 2 rings (SSSR count). The molecule has 1 aliphatic rings. The van der Waals surface area contributed by atoms with Gasteiger partial charge in [-0.3, -0.25) is 4.79 Å². The first-order valence-electron chi connectivity index (χ1n) is 11.0. The summed E-state index contributed by atoms with van der Waals surface area (Å²) in [5, 5.41) is 20.0. The lowest BCUT2D eigenvalue weighted by Gasteiger charge is -2.40. The lowest BCUT2D eigenvalue weighted by Crippen LogP contribution is -2.38. The highest BCUT2D eigenvalue weighted by Gasteiger charge is 2.36. The van der Waals surface area contributed by atoms with Crippen LogP contribution in [0.2, 0.25) is 0 Å². The lowest BCUT2D eigenvalue weighted by molar-refractivity contribution is -0.142. The molecule has 0 saturated heterocycles. The summed E-state index contributed by atoms with van der Waals surface area (Å²) < 4.78 is 20.1. The van der Waals surface area contributed by atoms with Crippen molar-refractivity contribution in [2.24, 2.45) is 23.7 Å². The maximum atomic E-state index is 14.6. The third kappa shape index (κ3) is 5.50. The van der Waals surface area contributed by atoms with Crippen LogP contribution >= 0.6 is 0 Å². The van der Waals surface area contributed by atoms with Gasteiger partial charge in [0.05, 0.1) is 5.41 Å². The van der Waals surface area contributed by atoms with Crippen LogP contribution in [0.1, 0.15) is 78.7 Å². The number of aliphatic hydroxyl groups excluding tert-OH is 1. The van der Waals surface area contributed by atoms with E-state index in [1.165, 1.54) is 51.7 Å². The van der Waals surface area contributed by atoms with Crippen molar-refractivity contribution in [3.8, 4) is 5.75 Å². The molecular formula is C24H37FO4. The summed E-state index contributed by atoms with van der Waals surface area (Å²) in [6.07, 6.45) is 6.03. The first-order valence-corrected chi connectivity index (χ1v) is 11.0. The van der Waals surface area contributed by atoms with Crippen LogP contribution in [0, 0.1) is 29.5 Å². The van der Waals surface area contributed by atoms with E-state index in [1.54, 1.807) is 6.07 Å². The van der Waals surface area contributed by atoms with E-state index in [-0.39, 0.29) is 11.7 Å². The normalized spacial score (nSPS) is 24.7. The quantitative estimate of drug-likeness (QED) is 0.510. The van der Waals surface area contributed by atoms with Crippen LogP contribution in [-0.2, 0) is 10.2 Å². The van der Waals surface area contributed by atoms with Crippen LogP contribution < -0.4 is 4.74 Å². The van der Waals surface area contributed by atoms with Gasteiger partial charge in [0.25, 0.3) is 0 Å². The molecule has 1 saturated carbocycles. The van der Waals surface area contributed by atoms with E-state index in [0.29, 0.717) is 23.3 Å². The minimum Gasteiger partial charge on any atom is -0.481 e. The van der Waals surface area contributed by atoms with E-state index >= 15 is 0 Å². The van der Waals surface area contributed by atoms with Gasteiger partial charge in [-0.1, -0.05) is 58.9 Å². The number of halogens is 1. The Morgan fingerprint density at radius 1 is 1.34 bits per heavy atom. The van der Waals surface area contributed by atoms with Crippen molar-refractivity contribution in [1.29, 1.82) is 0 Å².